The van der Waals surface area contributed by atoms with Crippen molar-refractivity contribution in [2.75, 3.05) is 12.5 Å². The average molecular weight is 391 g/mol. The molecule has 2 aromatic rings. The van der Waals surface area contributed by atoms with Crippen molar-refractivity contribution >= 4 is 38.5 Å². The van der Waals surface area contributed by atoms with E-state index in [9.17, 15) is 8.42 Å². The van der Waals surface area contributed by atoms with Gasteiger partial charge in [0.15, 0.2) is 0 Å². The van der Waals surface area contributed by atoms with Gasteiger partial charge < -0.3 is 0 Å². The van der Waals surface area contributed by atoms with Gasteiger partial charge in [0.2, 0.25) is 0 Å². The summed E-state index contributed by atoms with van der Waals surface area (Å²) in [5, 5.41) is 0. The number of hydrogen-bond donors (Lipinski definition) is 0. The second kappa shape index (κ2) is 8.70. The Kier molecular flexibility index (Phi) is 6.87. The molecule has 1 aromatic heterocycles. The highest BCUT2D eigenvalue weighted by Crippen LogP contribution is 2.43. The SMILES string of the molecule is C=C/C=C(\C=C/C)c1sc(-c2ccc(C)cc2)c(S(C)=O)c1S(C)=O. The maximum Gasteiger partial charge on any atom is 0.0739 e. The van der Waals surface area contributed by atoms with E-state index in [1.807, 2.05) is 56.3 Å². The van der Waals surface area contributed by atoms with Crippen LogP contribution in [0.25, 0.3) is 16.0 Å². The van der Waals surface area contributed by atoms with Crippen molar-refractivity contribution in [3.8, 4) is 10.4 Å². The van der Waals surface area contributed by atoms with Crippen LogP contribution in [0.15, 0.2) is 64.9 Å². The zero-order valence-electron chi connectivity index (χ0n) is 14.9. The van der Waals surface area contributed by atoms with Crippen molar-refractivity contribution in [1.82, 2.24) is 0 Å². The van der Waals surface area contributed by atoms with E-state index in [1.165, 1.54) is 16.9 Å². The quantitative estimate of drug-likeness (QED) is 0.624. The van der Waals surface area contributed by atoms with Gasteiger partial charge in [-0.2, -0.15) is 0 Å². The van der Waals surface area contributed by atoms with E-state index >= 15 is 0 Å². The maximum absolute atomic E-state index is 12.5. The van der Waals surface area contributed by atoms with Crippen molar-refractivity contribution in [1.29, 1.82) is 0 Å². The first-order chi connectivity index (χ1) is 11.9. The lowest BCUT2D eigenvalue weighted by atomic mass is 10.1. The van der Waals surface area contributed by atoms with Gasteiger partial charge in [-0.05, 0) is 25.0 Å². The van der Waals surface area contributed by atoms with Gasteiger partial charge in [-0.3, -0.25) is 8.42 Å². The fourth-order valence-electron chi connectivity index (χ4n) is 2.52. The fraction of sp³-hybridized carbons (Fsp3) is 0.200. The van der Waals surface area contributed by atoms with Crippen LogP contribution in [0.2, 0.25) is 0 Å². The Balaban J connectivity index is 2.85. The molecule has 0 fully saturated rings. The molecular formula is C20H22O2S3. The van der Waals surface area contributed by atoms with Crippen LogP contribution >= 0.6 is 11.3 Å². The first-order valence-corrected chi connectivity index (χ1v) is 11.7. The second-order valence-corrected chi connectivity index (χ2v) is 9.20. The summed E-state index contributed by atoms with van der Waals surface area (Å²) in [6.07, 6.45) is 10.8. The van der Waals surface area contributed by atoms with Gasteiger partial charge in [-0.1, -0.05) is 60.7 Å². The van der Waals surface area contributed by atoms with E-state index in [1.54, 1.807) is 18.6 Å². The number of rotatable bonds is 6. The third kappa shape index (κ3) is 4.35. The Bertz CT molecular complexity index is 884. The topological polar surface area (TPSA) is 34.1 Å². The molecule has 0 aliphatic carbocycles. The monoisotopic (exact) mass is 390 g/mol. The molecule has 2 nitrogen and oxygen atoms in total. The Morgan fingerprint density at radius 3 is 2.16 bits per heavy atom. The van der Waals surface area contributed by atoms with Crippen LogP contribution in [0, 0.1) is 6.92 Å². The van der Waals surface area contributed by atoms with Gasteiger partial charge in [0.1, 0.15) is 0 Å². The highest BCUT2D eigenvalue weighted by Gasteiger charge is 2.25. The fourth-order valence-corrected chi connectivity index (χ4v) is 6.89. The molecule has 2 unspecified atom stereocenters. The molecule has 0 saturated carbocycles. The molecule has 5 heteroatoms. The van der Waals surface area contributed by atoms with Crippen molar-refractivity contribution in [2.45, 2.75) is 23.6 Å². The lowest BCUT2D eigenvalue weighted by Gasteiger charge is -2.05. The first-order valence-electron chi connectivity index (χ1n) is 7.77. The van der Waals surface area contributed by atoms with Crippen molar-refractivity contribution in [3.63, 3.8) is 0 Å². The Morgan fingerprint density at radius 2 is 1.68 bits per heavy atom. The standard InChI is InChI=1S/C20H22O2S3/c1-6-8-15(9-7-2)17-19(24(4)21)20(25(5)22)18(23-17)16-12-10-14(3)11-13-16/h6-13H,1H2,2-5H3/b9-7-,15-8+. The molecular weight excluding hydrogens is 368 g/mol. The normalized spacial score (nSPS) is 14.6. The Hall–Kier alpha value is -1.56. The predicted octanol–water partition coefficient (Wildman–Crippen LogP) is 5.34. The molecule has 132 valence electrons. The van der Waals surface area contributed by atoms with Crippen molar-refractivity contribution < 1.29 is 8.42 Å². The molecule has 0 radical (unpaired) electrons. The van der Waals surface area contributed by atoms with Crippen molar-refractivity contribution in [2.24, 2.45) is 0 Å². The average Bonchev–Trinajstić information content (AvgIpc) is 2.96. The van der Waals surface area contributed by atoms with Gasteiger partial charge in [0.05, 0.1) is 41.1 Å². The minimum atomic E-state index is -1.25. The lowest BCUT2D eigenvalue weighted by molar-refractivity contribution is 0.679. The Morgan fingerprint density at radius 1 is 1.08 bits per heavy atom. The number of allylic oxidation sites excluding steroid dienone is 5. The van der Waals surface area contributed by atoms with Crippen LogP contribution in [0.4, 0.5) is 0 Å². The van der Waals surface area contributed by atoms with Crippen LogP contribution in [0.3, 0.4) is 0 Å². The molecule has 0 saturated heterocycles. The van der Waals surface area contributed by atoms with Crippen LogP contribution in [-0.2, 0) is 21.6 Å². The summed E-state index contributed by atoms with van der Waals surface area (Å²) < 4.78 is 25.0. The second-order valence-electron chi connectivity index (χ2n) is 5.55. The molecule has 1 aromatic carbocycles. The molecule has 0 spiro atoms. The van der Waals surface area contributed by atoms with E-state index in [-0.39, 0.29) is 0 Å². The van der Waals surface area contributed by atoms with Gasteiger partial charge in [-0.25, -0.2) is 0 Å². The van der Waals surface area contributed by atoms with E-state index in [4.69, 9.17) is 0 Å². The van der Waals surface area contributed by atoms with E-state index < -0.39 is 21.6 Å². The molecule has 2 atom stereocenters. The maximum atomic E-state index is 12.5. The molecule has 0 aliphatic rings. The molecule has 25 heavy (non-hydrogen) atoms. The number of aryl methyl sites for hydroxylation is 1. The van der Waals surface area contributed by atoms with Crippen LogP contribution < -0.4 is 0 Å². The first kappa shape index (κ1) is 19.8. The molecule has 0 amide bonds. The Labute approximate surface area is 158 Å². The predicted molar refractivity (Wildman–Crippen MR) is 112 cm³/mol. The smallest absolute Gasteiger partial charge is 0.0739 e. The number of benzene rings is 1. The third-order valence-corrected chi connectivity index (χ3v) is 7.26. The molecule has 2 rings (SSSR count). The summed E-state index contributed by atoms with van der Waals surface area (Å²) in [4.78, 5) is 3.14. The van der Waals surface area contributed by atoms with Crippen LogP contribution in [-0.4, -0.2) is 20.9 Å². The van der Waals surface area contributed by atoms with Gasteiger partial charge in [-0.15, -0.1) is 11.3 Å². The van der Waals surface area contributed by atoms with Crippen LogP contribution in [0.1, 0.15) is 17.4 Å². The largest absolute Gasteiger partial charge is 0.255 e. The summed E-state index contributed by atoms with van der Waals surface area (Å²) in [5.74, 6) is 0. The lowest BCUT2D eigenvalue weighted by Crippen LogP contribution is -1.98. The molecule has 0 aliphatic heterocycles. The zero-order chi connectivity index (χ0) is 18.6. The van der Waals surface area contributed by atoms with Gasteiger partial charge in [0.25, 0.3) is 0 Å². The van der Waals surface area contributed by atoms with Crippen molar-refractivity contribution in [3.05, 3.63) is 65.6 Å². The summed E-state index contributed by atoms with van der Waals surface area (Å²) >= 11 is 1.54. The molecule has 0 N–H and O–H groups in total. The summed E-state index contributed by atoms with van der Waals surface area (Å²) in [7, 11) is -2.49. The highest BCUT2D eigenvalue weighted by molar-refractivity contribution is 7.88. The number of hydrogen-bond acceptors (Lipinski definition) is 3. The van der Waals surface area contributed by atoms with Gasteiger partial charge in [0, 0.05) is 12.5 Å². The van der Waals surface area contributed by atoms with E-state index in [0.717, 1.165) is 20.9 Å². The summed E-state index contributed by atoms with van der Waals surface area (Å²) in [5.41, 5.74) is 3.09. The minimum absolute atomic E-state index is 0.660. The molecule has 0 bridgehead atoms. The van der Waals surface area contributed by atoms with E-state index in [0.29, 0.717) is 9.79 Å². The molecule has 1 heterocycles. The van der Waals surface area contributed by atoms with Crippen LogP contribution in [0.5, 0.6) is 0 Å². The van der Waals surface area contributed by atoms with Gasteiger partial charge >= 0.3 is 0 Å². The zero-order valence-corrected chi connectivity index (χ0v) is 17.3. The summed E-state index contributed by atoms with van der Waals surface area (Å²) in [6, 6.07) is 8.12. The highest BCUT2D eigenvalue weighted by atomic mass is 32.2. The number of thiophene rings is 1. The summed E-state index contributed by atoms with van der Waals surface area (Å²) in [6.45, 7) is 7.74. The third-order valence-electron chi connectivity index (χ3n) is 3.62. The van der Waals surface area contributed by atoms with E-state index in [2.05, 4.69) is 6.58 Å². The minimum Gasteiger partial charge on any atom is -0.255 e.